The smallest absolute Gasteiger partial charge is 0.305 e. The third kappa shape index (κ3) is 3.86. The first-order valence-electron chi connectivity index (χ1n) is 10.2. The van der Waals surface area contributed by atoms with Crippen molar-refractivity contribution < 1.29 is 9.53 Å². The average molecular weight is 411 g/mol. The number of ether oxygens (including phenoxy) is 1. The van der Waals surface area contributed by atoms with Crippen molar-refractivity contribution in [1.29, 1.82) is 0 Å². The zero-order chi connectivity index (χ0) is 20.5. The first-order chi connectivity index (χ1) is 14.0. The van der Waals surface area contributed by atoms with Gasteiger partial charge < -0.3 is 4.74 Å². The number of aromatic nitrogens is 2. The lowest BCUT2D eigenvalue weighted by atomic mass is 9.89. The van der Waals surface area contributed by atoms with E-state index in [0.717, 1.165) is 40.6 Å². The minimum Gasteiger partial charge on any atom is -0.469 e. The minimum absolute atomic E-state index is 0.0171. The Morgan fingerprint density at radius 2 is 2.21 bits per heavy atom. The monoisotopic (exact) mass is 410 g/mol. The van der Waals surface area contributed by atoms with Gasteiger partial charge in [-0.15, -0.1) is 11.3 Å². The maximum absolute atomic E-state index is 13.6. The number of nitrogens with zero attached hydrogens (tertiary/aromatic N) is 2. The molecule has 152 valence electrons. The third-order valence-corrected chi connectivity index (χ3v) is 6.83. The van der Waals surface area contributed by atoms with Crippen LogP contribution in [-0.4, -0.2) is 22.6 Å². The van der Waals surface area contributed by atoms with Gasteiger partial charge in [-0.1, -0.05) is 30.7 Å². The van der Waals surface area contributed by atoms with E-state index in [1.165, 1.54) is 17.6 Å². The molecule has 5 nitrogen and oxygen atoms in total. The van der Waals surface area contributed by atoms with Crippen molar-refractivity contribution in [3.63, 3.8) is 0 Å². The molecule has 29 heavy (non-hydrogen) atoms. The molecule has 0 aliphatic heterocycles. The Labute approximate surface area is 174 Å². The number of rotatable bonds is 5. The standard InChI is InChI=1S/C23H26N2O3S/c1-14-6-4-7-16(12-14)21-24-22-20(17-10-9-15(2)13-18(17)29-22)23(27)25(21)11-5-8-19(26)28-3/h4,6-7,12,15H,5,8-11,13H2,1-3H3. The molecule has 2 heterocycles. The van der Waals surface area contributed by atoms with E-state index in [1.54, 1.807) is 15.9 Å². The van der Waals surface area contributed by atoms with Gasteiger partial charge in [0.2, 0.25) is 0 Å². The molecule has 1 aliphatic rings. The fourth-order valence-electron chi connectivity index (χ4n) is 4.12. The van der Waals surface area contributed by atoms with Crippen LogP contribution < -0.4 is 5.56 Å². The van der Waals surface area contributed by atoms with Crippen LogP contribution in [0.1, 0.15) is 42.2 Å². The van der Waals surface area contributed by atoms with Crippen molar-refractivity contribution >= 4 is 27.5 Å². The van der Waals surface area contributed by atoms with Crippen molar-refractivity contribution in [2.75, 3.05) is 7.11 Å². The average Bonchev–Trinajstić information content (AvgIpc) is 3.06. The number of carbonyl (C=O) groups is 1. The highest BCUT2D eigenvalue weighted by molar-refractivity contribution is 7.18. The summed E-state index contributed by atoms with van der Waals surface area (Å²) in [5.74, 6) is 1.07. The summed E-state index contributed by atoms with van der Waals surface area (Å²) in [5.41, 5.74) is 3.26. The molecule has 0 spiro atoms. The summed E-state index contributed by atoms with van der Waals surface area (Å²) in [6, 6.07) is 8.07. The van der Waals surface area contributed by atoms with Gasteiger partial charge in [-0.25, -0.2) is 4.98 Å². The fourth-order valence-corrected chi connectivity index (χ4v) is 5.49. The van der Waals surface area contributed by atoms with Gasteiger partial charge in [0.25, 0.3) is 5.56 Å². The van der Waals surface area contributed by atoms with Crippen LogP contribution in [0.15, 0.2) is 29.1 Å². The quantitative estimate of drug-likeness (QED) is 0.581. The second-order valence-corrected chi connectivity index (χ2v) is 9.06. The van der Waals surface area contributed by atoms with Gasteiger partial charge in [0.15, 0.2) is 0 Å². The van der Waals surface area contributed by atoms with E-state index >= 15 is 0 Å². The lowest BCUT2D eigenvalue weighted by molar-refractivity contribution is -0.140. The van der Waals surface area contributed by atoms with E-state index in [-0.39, 0.29) is 17.9 Å². The van der Waals surface area contributed by atoms with Crippen molar-refractivity contribution in [2.45, 2.75) is 52.5 Å². The molecule has 0 radical (unpaired) electrons. The highest BCUT2D eigenvalue weighted by Gasteiger charge is 2.25. The van der Waals surface area contributed by atoms with Crippen LogP contribution in [0.25, 0.3) is 21.6 Å². The molecule has 3 aromatic rings. The van der Waals surface area contributed by atoms with Crippen molar-refractivity contribution in [3.05, 3.63) is 50.6 Å². The summed E-state index contributed by atoms with van der Waals surface area (Å²) in [4.78, 5) is 32.3. The number of aryl methyl sites for hydroxylation is 2. The summed E-state index contributed by atoms with van der Waals surface area (Å²) in [6.45, 7) is 4.75. The zero-order valence-corrected chi connectivity index (χ0v) is 18.0. The number of thiophene rings is 1. The van der Waals surface area contributed by atoms with Crippen LogP contribution >= 0.6 is 11.3 Å². The van der Waals surface area contributed by atoms with E-state index in [0.29, 0.717) is 24.7 Å². The maximum atomic E-state index is 13.6. The number of methoxy groups -OCH3 is 1. The molecule has 4 rings (SSSR count). The summed E-state index contributed by atoms with van der Waals surface area (Å²) in [5, 5.41) is 0.784. The Morgan fingerprint density at radius 3 is 2.97 bits per heavy atom. The molecule has 0 bridgehead atoms. The number of esters is 1. The predicted molar refractivity (Wildman–Crippen MR) is 116 cm³/mol. The molecule has 6 heteroatoms. The number of fused-ring (bicyclic) bond motifs is 3. The Kier molecular flexibility index (Phi) is 5.54. The molecular weight excluding hydrogens is 384 g/mol. The van der Waals surface area contributed by atoms with E-state index in [1.807, 2.05) is 25.1 Å². The Hall–Kier alpha value is -2.47. The van der Waals surface area contributed by atoms with Crippen LogP contribution in [0.3, 0.4) is 0 Å². The second-order valence-electron chi connectivity index (χ2n) is 7.97. The van der Waals surface area contributed by atoms with Crippen molar-refractivity contribution in [1.82, 2.24) is 9.55 Å². The van der Waals surface area contributed by atoms with Gasteiger partial charge in [-0.05, 0) is 50.2 Å². The normalized spacial score (nSPS) is 16.0. The Morgan fingerprint density at radius 1 is 1.38 bits per heavy atom. The topological polar surface area (TPSA) is 61.2 Å². The molecule has 2 aromatic heterocycles. The number of benzene rings is 1. The van der Waals surface area contributed by atoms with Crippen molar-refractivity contribution in [3.8, 4) is 11.4 Å². The highest BCUT2D eigenvalue weighted by atomic mass is 32.1. The highest BCUT2D eigenvalue weighted by Crippen LogP contribution is 2.36. The largest absolute Gasteiger partial charge is 0.469 e. The summed E-state index contributed by atoms with van der Waals surface area (Å²) in [6.07, 6.45) is 3.91. The van der Waals surface area contributed by atoms with Gasteiger partial charge >= 0.3 is 5.97 Å². The molecule has 1 atom stereocenters. The minimum atomic E-state index is -0.258. The first-order valence-corrected chi connectivity index (χ1v) is 11.0. The fraction of sp³-hybridized carbons (Fsp3) is 0.435. The van der Waals surface area contributed by atoms with Crippen LogP contribution in [0, 0.1) is 12.8 Å². The van der Waals surface area contributed by atoms with E-state index in [9.17, 15) is 9.59 Å². The predicted octanol–water partition coefficient (Wildman–Crippen LogP) is 4.51. The Balaban J connectivity index is 1.86. The Bertz CT molecular complexity index is 1130. The van der Waals surface area contributed by atoms with Crippen LogP contribution in [-0.2, 0) is 28.9 Å². The van der Waals surface area contributed by atoms with Crippen molar-refractivity contribution in [2.24, 2.45) is 5.92 Å². The summed E-state index contributed by atoms with van der Waals surface area (Å²) >= 11 is 1.67. The van der Waals surface area contributed by atoms with Gasteiger partial charge in [0.05, 0.1) is 12.5 Å². The molecule has 0 amide bonds. The number of hydrogen-bond donors (Lipinski definition) is 0. The van der Waals surface area contributed by atoms with Gasteiger partial charge in [-0.2, -0.15) is 0 Å². The first kappa shape index (κ1) is 19.8. The number of hydrogen-bond acceptors (Lipinski definition) is 5. The van der Waals surface area contributed by atoms with Gasteiger partial charge in [0.1, 0.15) is 10.7 Å². The number of carbonyl (C=O) groups excluding carboxylic acids is 1. The van der Waals surface area contributed by atoms with E-state index in [4.69, 9.17) is 9.72 Å². The molecule has 0 saturated carbocycles. The molecule has 1 aromatic carbocycles. The molecular formula is C23H26N2O3S. The zero-order valence-electron chi connectivity index (χ0n) is 17.2. The van der Waals surface area contributed by atoms with E-state index in [2.05, 4.69) is 13.0 Å². The molecule has 0 N–H and O–H groups in total. The lowest BCUT2D eigenvalue weighted by Gasteiger charge is -2.18. The van der Waals surface area contributed by atoms with Crippen LogP contribution in [0.5, 0.6) is 0 Å². The van der Waals surface area contributed by atoms with E-state index < -0.39 is 0 Å². The second kappa shape index (κ2) is 8.11. The molecule has 1 aliphatic carbocycles. The SMILES string of the molecule is COC(=O)CCCn1c(-c2cccc(C)c2)nc2sc3c(c2c1=O)CCC(C)C3. The molecule has 0 saturated heterocycles. The van der Waals surface area contributed by atoms with Crippen LogP contribution in [0.4, 0.5) is 0 Å². The summed E-state index contributed by atoms with van der Waals surface area (Å²) < 4.78 is 6.51. The van der Waals surface area contributed by atoms with Crippen LogP contribution in [0.2, 0.25) is 0 Å². The lowest BCUT2D eigenvalue weighted by Crippen LogP contribution is -2.24. The maximum Gasteiger partial charge on any atom is 0.305 e. The molecule has 1 unspecified atom stereocenters. The summed E-state index contributed by atoms with van der Waals surface area (Å²) in [7, 11) is 1.39. The molecule has 0 fully saturated rings. The third-order valence-electron chi connectivity index (χ3n) is 5.68. The van der Waals surface area contributed by atoms with Gasteiger partial charge in [0, 0.05) is 23.4 Å². The van der Waals surface area contributed by atoms with Gasteiger partial charge in [-0.3, -0.25) is 14.2 Å².